The summed E-state index contributed by atoms with van der Waals surface area (Å²) < 4.78 is 21.8. The highest BCUT2D eigenvalue weighted by molar-refractivity contribution is 7.65. The van der Waals surface area contributed by atoms with Crippen molar-refractivity contribution in [2.45, 2.75) is 17.9 Å². The normalized spacial score (nSPS) is 16.4. The monoisotopic (exact) mass is 280 g/mol. The molecule has 7 nitrogen and oxygen atoms in total. The van der Waals surface area contributed by atoms with E-state index in [0.717, 1.165) is 0 Å². The molecule has 1 rings (SSSR count). The lowest BCUT2D eigenvalue weighted by Crippen LogP contribution is -2.11. The number of rotatable bonds is 5. The standard InChI is InChI=1S/C8H11NO6P2/c10-7(6-3-1-2-4-9-6)5-8(16(11)12)17(13,14)15/h1-4,7-8,10H,5H2,(H2-,11,12,13,14,15)/p+1. The van der Waals surface area contributed by atoms with Gasteiger partial charge in [0.15, 0.2) is 0 Å². The Hall–Kier alpha value is -0.680. The van der Waals surface area contributed by atoms with Crippen LogP contribution in [0.1, 0.15) is 18.2 Å². The van der Waals surface area contributed by atoms with E-state index in [0.29, 0.717) is 0 Å². The van der Waals surface area contributed by atoms with Crippen molar-refractivity contribution in [1.29, 1.82) is 0 Å². The number of hydrogen-bond acceptors (Lipinski definition) is 4. The Morgan fingerprint density at radius 1 is 1.41 bits per heavy atom. The molecule has 0 saturated carbocycles. The van der Waals surface area contributed by atoms with Crippen LogP contribution in [0.2, 0.25) is 0 Å². The van der Waals surface area contributed by atoms with Gasteiger partial charge in [-0.1, -0.05) is 6.07 Å². The van der Waals surface area contributed by atoms with Crippen LogP contribution in [0.25, 0.3) is 0 Å². The van der Waals surface area contributed by atoms with Crippen LogP contribution >= 0.6 is 15.6 Å². The van der Waals surface area contributed by atoms with E-state index < -0.39 is 33.5 Å². The van der Waals surface area contributed by atoms with Gasteiger partial charge in [-0.15, -0.1) is 0 Å². The Morgan fingerprint density at radius 3 is 2.47 bits per heavy atom. The fourth-order valence-corrected chi connectivity index (χ4v) is 3.13. The molecule has 0 amide bonds. The third-order valence-corrected chi connectivity index (χ3v) is 5.31. The zero-order valence-corrected chi connectivity index (χ0v) is 10.4. The van der Waals surface area contributed by atoms with E-state index in [4.69, 9.17) is 14.7 Å². The molecular weight excluding hydrogens is 268 g/mol. The highest BCUT2D eigenvalue weighted by Gasteiger charge is 2.46. The molecule has 9 heteroatoms. The molecule has 17 heavy (non-hydrogen) atoms. The van der Waals surface area contributed by atoms with Crippen molar-refractivity contribution in [2.24, 2.45) is 0 Å². The van der Waals surface area contributed by atoms with Gasteiger partial charge in [-0.25, -0.2) is 0 Å². The summed E-state index contributed by atoms with van der Waals surface area (Å²) in [5.74, 6) is 0. The van der Waals surface area contributed by atoms with Gasteiger partial charge in [0.05, 0.1) is 5.69 Å². The van der Waals surface area contributed by atoms with Crippen LogP contribution in [-0.2, 0) is 9.13 Å². The van der Waals surface area contributed by atoms with Gasteiger partial charge in [-0.3, -0.25) is 9.55 Å². The molecule has 1 aromatic rings. The van der Waals surface area contributed by atoms with Crippen LogP contribution in [0.4, 0.5) is 0 Å². The number of pyridine rings is 1. The Bertz CT molecular complexity index is 433. The molecule has 1 aromatic heterocycles. The average Bonchev–Trinajstić information content (AvgIpc) is 2.24. The van der Waals surface area contributed by atoms with E-state index in [9.17, 15) is 14.2 Å². The summed E-state index contributed by atoms with van der Waals surface area (Å²) in [6.45, 7) is 0. The third kappa shape index (κ3) is 4.24. The van der Waals surface area contributed by atoms with Gasteiger partial charge in [0.2, 0.25) is 0 Å². The predicted octanol–water partition coefficient (Wildman–Crippen LogP) is 0.744. The topological polar surface area (TPSA) is 128 Å². The van der Waals surface area contributed by atoms with Gasteiger partial charge in [0.25, 0.3) is 5.40 Å². The predicted molar refractivity (Wildman–Crippen MR) is 59.5 cm³/mol. The van der Waals surface area contributed by atoms with Crippen molar-refractivity contribution >= 4 is 15.6 Å². The van der Waals surface area contributed by atoms with Crippen molar-refractivity contribution in [3.8, 4) is 0 Å². The smallest absolute Gasteiger partial charge is 0.387 e. The van der Waals surface area contributed by atoms with E-state index in [1.165, 1.54) is 12.3 Å². The molecule has 3 unspecified atom stereocenters. The number of aromatic nitrogens is 1. The Labute approximate surface area is 98.2 Å². The summed E-state index contributed by atoms with van der Waals surface area (Å²) in [5, 5.41) is 7.87. The molecule has 3 atom stereocenters. The van der Waals surface area contributed by atoms with Crippen LogP contribution < -0.4 is 0 Å². The maximum atomic E-state index is 11.0. The van der Waals surface area contributed by atoms with Gasteiger partial charge in [-0.2, -0.15) is 4.89 Å². The highest BCUT2D eigenvalue weighted by atomic mass is 31.2. The van der Waals surface area contributed by atoms with Crippen LogP contribution in [0.3, 0.4) is 0 Å². The number of nitrogens with zero attached hydrogens (tertiary/aromatic N) is 1. The van der Waals surface area contributed by atoms with E-state index in [1.807, 2.05) is 0 Å². The van der Waals surface area contributed by atoms with Crippen molar-refractivity contribution in [3.63, 3.8) is 0 Å². The molecule has 4 N–H and O–H groups in total. The molecule has 0 spiro atoms. The molecular formula is C8H12NO6P2+. The van der Waals surface area contributed by atoms with Crippen molar-refractivity contribution in [1.82, 2.24) is 4.98 Å². The summed E-state index contributed by atoms with van der Waals surface area (Å²) >= 11 is 0. The number of aliphatic hydroxyl groups is 1. The number of aliphatic hydroxyl groups excluding tert-OH is 1. The molecule has 0 bridgehead atoms. The first-order valence-corrected chi connectivity index (χ1v) is 7.58. The molecule has 0 saturated heterocycles. The summed E-state index contributed by atoms with van der Waals surface area (Å²) in [4.78, 5) is 30.4. The molecule has 0 aliphatic carbocycles. The summed E-state index contributed by atoms with van der Waals surface area (Å²) in [5.41, 5.74) is 0.197. The first-order chi connectivity index (χ1) is 7.82. The molecule has 0 aliphatic rings. The molecule has 0 radical (unpaired) electrons. The average molecular weight is 280 g/mol. The van der Waals surface area contributed by atoms with Crippen LogP contribution in [0, 0.1) is 0 Å². The lowest BCUT2D eigenvalue weighted by molar-refractivity contribution is 0.163. The molecule has 1 heterocycles. The summed E-state index contributed by atoms with van der Waals surface area (Å²) in [6.07, 6.45) is -0.406. The van der Waals surface area contributed by atoms with Gasteiger partial charge in [-0.05, 0) is 16.7 Å². The van der Waals surface area contributed by atoms with Crippen molar-refractivity contribution in [2.75, 3.05) is 0 Å². The van der Waals surface area contributed by atoms with Crippen LogP contribution in [-0.4, -0.2) is 30.2 Å². The van der Waals surface area contributed by atoms with E-state index in [-0.39, 0.29) is 5.69 Å². The van der Waals surface area contributed by atoms with Crippen molar-refractivity contribution < 1.29 is 28.9 Å². The minimum absolute atomic E-state index is 0.197. The van der Waals surface area contributed by atoms with E-state index >= 15 is 0 Å². The number of hydrogen-bond donors (Lipinski definition) is 4. The summed E-state index contributed by atoms with van der Waals surface area (Å²) in [6, 6.07) is 4.67. The third-order valence-electron chi connectivity index (χ3n) is 2.11. The maximum Gasteiger partial charge on any atom is 0.521 e. The van der Waals surface area contributed by atoms with Gasteiger partial charge >= 0.3 is 15.6 Å². The SMILES string of the molecule is O=[P+](O)C(CC(O)c1ccccn1)P(=O)(O)O. The minimum atomic E-state index is -4.73. The first-order valence-electron chi connectivity index (χ1n) is 4.62. The molecule has 0 aliphatic heterocycles. The lowest BCUT2D eigenvalue weighted by atomic mass is 10.2. The quantitative estimate of drug-likeness (QED) is 0.585. The fourth-order valence-electron chi connectivity index (χ4n) is 1.25. The molecule has 0 aromatic carbocycles. The second-order valence-electron chi connectivity index (χ2n) is 3.38. The van der Waals surface area contributed by atoms with E-state index in [1.54, 1.807) is 12.1 Å². The second kappa shape index (κ2) is 5.78. The zero-order valence-electron chi connectivity index (χ0n) is 8.62. The van der Waals surface area contributed by atoms with Crippen LogP contribution in [0.5, 0.6) is 0 Å². The highest BCUT2D eigenvalue weighted by Crippen LogP contribution is 2.54. The zero-order chi connectivity index (χ0) is 13.1. The van der Waals surface area contributed by atoms with Gasteiger partial charge in [0, 0.05) is 12.6 Å². The fraction of sp³-hybridized carbons (Fsp3) is 0.375. The van der Waals surface area contributed by atoms with Crippen molar-refractivity contribution in [3.05, 3.63) is 30.1 Å². The van der Waals surface area contributed by atoms with Gasteiger partial charge in [0.1, 0.15) is 6.10 Å². The largest absolute Gasteiger partial charge is 0.521 e. The Balaban J connectivity index is 2.83. The maximum absolute atomic E-state index is 11.0. The van der Waals surface area contributed by atoms with Crippen LogP contribution in [0.15, 0.2) is 24.4 Å². The van der Waals surface area contributed by atoms with E-state index in [2.05, 4.69) is 4.98 Å². The minimum Gasteiger partial charge on any atom is -0.387 e. The Kier molecular flexibility index (Phi) is 4.89. The van der Waals surface area contributed by atoms with Gasteiger partial charge < -0.3 is 14.9 Å². The second-order valence-corrected chi connectivity index (χ2v) is 6.82. The molecule has 94 valence electrons. The Morgan fingerprint density at radius 2 is 2.06 bits per heavy atom. The lowest BCUT2D eigenvalue weighted by Gasteiger charge is -2.12. The first kappa shape index (κ1) is 14.4. The molecule has 0 fully saturated rings. The summed E-state index contributed by atoms with van der Waals surface area (Å²) in [7, 11) is -7.80.